The third-order valence-corrected chi connectivity index (χ3v) is 10.7. The van der Waals surface area contributed by atoms with Gasteiger partial charge in [-0.25, -0.2) is 8.42 Å². The topological polar surface area (TPSA) is 139 Å². The first kappa shape index (κ1) is 38.2. The van der Waals surface area contributed by atoms with Crippen molar-refractivity contribution in [2.75, 3.05) is 18.0 Å². The molecule has 0 unspecified atom stereocenters. The molecule has 0 aliphatic rings. The molecule has 4 aromatic carbocycles. The monoisotopic (exact) mass is 740 g/mol. The smallest absolute Gasteiger partial charge is 0.273 e. The largest absolute Gasteiger partial charge is 0.497 e. The van der Waals surface area contributed by atoms with Crippen LogP contribution in [0.1, 0.15) is 37.0 Å². The molecular weight excluding hydrogens is 703 g/mol. The van der Waals surface area contributed by atoms with Crippen molar-refractivity contribution in [3.8, 4) is 5.75 Å². The summed E-state index contributed by atoms with van der Waals surface area (Å²) in [7, 11) is -3.15. The molecule has 0 heterocycles. The zero-order valence-electron chi connectivity index (χ0n) is 28.0. The average molecular weight is 742 g/mol. The van der Waals surface area contributed by atoms with Crippen LogP contribution < -0.4 is 14.4 Å². The van der Waals surface area contributed by atoms with Crippen LogP contribution in [0.25, 0.3) is 0 Å². The third-order valence-electron chi connectivity index (χ3n) is 8.27. The lowest BCUT2D eigenvalue weighted by molar-refractivity contribution is -0.385. The number of hydrogen-bond donors (Lipinski definition) is 1. The number of nitrogens with one attached hydrogen (secondary N) is 1. The highest BCUT2D eigenvalue weighted by Crippen LogP contribution is 2.31. The minimum atomic E-state index is -4.60. The van der Waals surface area contributed by atoms with E-state index in [2.05, 4.69) is 5.32 Å². The van der Waals surface area contributed by atoms with Crippen LogP contribution in [0, 0.1) is 17.0 Å². The van der Waals surface area contributed by atoms with Crippen LogP contribution in [0.5, 0.6) is 5.75 Å². The Morgan fingerprint density at radius 2 is 1.60 bits per heavy atom. The number of hydrogen-bond acceptors (Lipinski definition) is 7. The first-order chi connectivity index (χ1) is 23.8. The van der Waals surface area contributed by atoms with Gasteiger partial charge in [0, 0.05) is 46.2 Å². The summed E-state index contributed by atoms with van der Waals surface area (Å²) in [5, 5.41) is 15.2. The van der Waals surface area contributed by atoms with Crippen LogP contribution in [0.4, 0.5) is 11.4 Å². The van der Waals surface area contributed by atoms with Crippen LogP contribution in [0.2, 0.25) is 10.0 Å². The minimum absolute atomic E-state index is 0.0850. The van der Waals surface area contributed by atoms with E-state index in [1.807, 2.05) is 44.2 Å². The van der Waals surface area contributed by atoms with E-state index in [0.29, 0.717) is 17.7 Å². The molecule has 0 saturated carbocycles. The second-order valence-corrected chi connectivity index (χ2v) is 14.3. The number of sulfonamides is 1. The van der Waals surface area contributed by atoms with E-state index in [-0.39, 0.29) is 40.3 Å². The lowest BCUT2D eigenvalue weighted by atomic mass is 10.0. The molecule has 0 aliphatic heterocycles. The average Bonchev–Trinajstić information content (AvgIpc) is 3.10. The number of carbonyl (C=O) groups excluding carboxylic acids is 2. The van der Waals surface area contributed by atoms with Gasteiger partial charge in [0.25, 0.3) is 15.7 Å². The van der Waals surface area contributed by atoms with Gasteiger partial charge < -0.3 is 15.0 Å². The fraction of sp³-hybridized carbons (Fsp3) is 0.278. The number of methoxy groups -OCH3 is 1. The number of nitro benzene ring substituents is 1. The number of ether oxygens (including phenoxy) is 1. The van der Waals surface area contributed by atoms with Crippen LogP contribution >= 0.6 is 23.2 Å². The number of anilines is 1. The lowest BCUT2D eigenvalue weighted by Crippen LogP contribution is -2.54. The van der Waals surface area contributed by atoms with Gasteiger partial charge in [0.2, 0.25) is 11.8 Å². The van der Waals surface area contributed by atoms with Gasteiger partial charge in [0.1, 0.15) is 18.3 Å². The Bertz CT molecular complexity index is 1920. The van der Waals surface area contributed by atoms with Crippen molar-refractivity contribution in [3.63, 3.8) is 0 Å². The van der Waals surface area contributed by atoms with Crippen molar-refractivity contribution < 1.29 is 27.7 Å². The Kier molecular flexibility index (Phi) is 12.9. The molecule has 11 nitrogen and oxygen atoms in total. The molecule has 50 heavy (non-hydrogen) atoms. The molecule has 0 fully saturated rings. The van der Waals surface area contributed by atoms with E-state index in [0.717, 1.165) is 15.9 Å². The highest BCUT2D eigenvalue weighted by molar-refractivity contribution is 7.92. The predicted molar refractivity (Wildman–Crippen MR) is 194 cm³/mol. The second kappa shape index (κ2) is 16.8. The minimum Gasteiger partial charge on any atom is -0.497 e. The lowest BCUT2D eigenvalue weighted by Gasteiger charge is -2.34. The standard InChI is InChI=1S/C36H38Cl2N4O7S/c1-5-25(3)39-36(44)34(20-26-10-7-6-8-11-26)40(22-30-31(37)12-9-13-32(30)38)35(43)23-41(27-15-17-28(49-4)18-16-27)50(47,48)29-19-14-24(2)33(21-29)42(45)46/h6-19,21,25,34H,5,20,22-23H2,1-4H3,(H,39,44)/t25-,34-/m1/s1. The fourth-order valence-corrected chi connectivity index (χ4v) is 7.15. The summed E-state index contributed by atoms with van der Waals surface area (Å²) in [4.78, 5) is 40.7. The molecule has 2 atom stereocenters. The molecule has 0 saturated heterocycles. The molecule has 4 rings (SSSR count). The van der Waals surface area contributed by atoms with E-state index in [4.69, 9.17) is 27.9 Å². The maximum Gasteiger partial charge on any atom is 0.273 e. The highest BCUT2D eigenvalue weighted by Gasteiger charge is 2.36. The summed E-state index contributed by atoms with van der Waals surface area (Å²) in [6.45, 7) is 4.24. The summed E-state index contributed by atoms with van der Waals surface area (Å²) in [6.07, 6.45) is 0.719. The molecular formula is C36H38Cl2N4O7S. The highest BCUT2D eigenvalue weighted by atomic mass is 35.5. The Balaban J connectivity index is 1.88. The first-order valence-electron chi connectivity index (χ1n) is 15.7. The maximum atomic E-state index is 14.7. The van der Waals surface area contributed by atoms with Crippen molar-refractivity contribution in [1.29, 1.82) is 0 Å². The maximum absolute atomic E-state index is 14.7. The quantitative estimate of drug-likeness (QED) is 0.103. The first-order valence-corrected chi connectivity index (χ1v) is 17.9. The summed E-state index contributed by atoms with van der Waals surface area (Å²) < 4.78 is 34.8. The summed E-state index contributed by atoms with van der Waals surface area (Å²) in [5.74, 6) is -0.766. The fourth-order valence-electron chi connectivity index (χ4n) is 5.20. The number of nitrogens with zero attached hydrogens (tertiary/aromatic N) is 3. The van der Waals surface area contributed by atoms with Gasteiger partial charge in [-0.1, -0.05) is 72.6 Å². The summed E-state index contributed by atoms with van der Waals surface area (Å²) in [5.41, 5.74) is 1.08. The van der Waals surface area contributed by atoms with Gasteiger partial charge in [0.15, 0.2) is 0 Å². The second-order valence-electron chi connectivity index (χ2n) is 11.7. The number of benzene rings is 4. The molecule has 1 N–H and O–H groups in total. The van der Waals surface area contributed by atoms with E-state index < -0.39 is 49.9 Å². The molecule has 0 aliphatic carbocycles. The number of rotatable bonds is 15. The molecule has 14 heteroatoms. The van der Waals surface area contributed by atoms with Gasteiger partial charge >= 0.3 is 0 Å². The summed E-state index contributed by atoms with van der Waals surface area (Å²) in [6, 6.07) is 22.1. The van der Waals surface area contributed by atoms with Crippen molar-refractivity contribution in [2.45, 2.75) is 57.1 Å². The van der Waals surface area contributed by atoms with Gasteiger partial charge in [0.05, 0.1) is 22.6 Å². The van der Waals surface area contributed by atoms with Crippen molar-refractivity contribution in [1.82, 2.24) is 10.2 Å². The molecule has 0 spiro atoms. The van der Waals surface area contributed by atoms with E-state index >= 15 is 0 Å². The van der Waals surface area contributed by atoms with Crippen molar-refractivity contribution >= 4 is 56.4 Å². The molecule has 0 aromatic heterocycles. The van der Waals surface area contributed by atoms with E-state index in [1.54, 1.807) is 18.2 Å². The summed E-state index contributed by atoms with van der Waals surface area (Å²) >= 11 is 13.1. The van der Waals surface area contributed by atoms with Crippen LogP contribution in [-0.2, 0) is 32.6 Å². The number of nitro groups is 1. The Hall–Kier alpha value is -4.65. The van der Waals surface area contributed by atoms with Gasteiger partial charge in [-0.2, -0.15) is 0 Å². The SMILES string of the molecule is CC[C@@H](C)NC(=O)[C@@H](Cc1ccccc1)N(Cc1c(Cl)cccc1Cl)C(=O)CN(c1ccc(OC)cc1)S(=O)(=O)c1ccc(C)c([N+](=O)[O-])c1. The van der Waals surface area contributed by atoms with Gasteiger partial charge in [-0.15, -0.1) is 0 Å². The van der Waals surface area contributed by atoms with Crippen LogP contribution in [0.15, 0.2) is 95.9 Å². The Morgan fingerprint density at radius 1 is 0.960 bits per heavy atom. The molecule has 2 amide bonds. The number of carbonyl (C=O) groups is 2. The zero-order valence-corrected chi connectivity index (χ0v) is 30.3. The predicted octanol–water partition coefficient (Wildman–Crippen LogP) is 6.97. The Morgan fingerprint density at radius 3 is 2.18 bits per heavy atom. The normalized spacial score (nSPS) is 12.4. The number of amides is 2. The van der Waals surface area contributed by atoms with Crippen molar-refractivity contribution in [2.24, 2.45) is 0 Å². The van der Waals surface area contributed by atoms with E-state index in [9.17, 15) is 28.1 Å². The molecule has 0 bridgehead atoms. The van der Waals surface area contributed by atoms with Gasteiger partial charge in [-0.05, 0) is 68.3 Å². The van der Waals surface area contributed by atoms with E-state index in [1.165, 1.54) is 55.3 Å². The number of aryl methyl sites for hydroxylation is 1. The van der Waals surface area contributed by atoms with Crippen molar-refractivity contribution in [3.05, 3.63) is 128 Å². The van der Waals surface area contributed by atoms with Gasteiger partial charge in [-0.3, -0.25) is 24.0 Å². The van der Waals surface area contributed by atoms with Crippen LogP contribution in [-0.4, -0.2) is 55.8 Å². The third kappa shape index (κ3) is 9.12. The van der Waals surface area contributed by atoms with Crippen LogP contribution in [0.3, 0.4) is 0 Å². The zero-order chi connectivity index (χ0) is 36.6. The Labute approximate surface area is 302 Å². The molecule has 0 radical (unpaired) electrons. The molecule has 264 valence electrons. The molecule has 4 aromatic rings. The number of halogens is 2.